The van der Waals surface area contributed by atoms with Crippen molar-refractivity contribution in [3.63, 3.8) is 0 Å². The largest absolute Gasteiger partial charge is 0.384 e. The number of nitrogens with one attached hydrogen (secondary N) is 2. The van der Waals surface area contributed by atoms with E-state index in [4.69, 9.17) is 10.7 Å². The first kappa shape index (κ1) is 21.8. The van der Waals surface area contributed by atoms with Crippen LogP contribution in [0.5, 0.6) is 0 Å². The van der Waals surface area contributed by atoms with Crippen LogP contribution in [-0.4, -0.2) is 31.6 Å². The van der Waals surface area contributed by atoms with Crippen LogP contribution in [0.4, 0.5) is 17.5 Å². The standard InChI is InChI=1S/C28H31N7/c1-17(14-23-11-6-18(2)31-23)19-9-12-22(13-10-19)32-28-30-16-21-15-24(20-7-8-20)35(27(21)34-28)26-5-3-4-25(29)33-26/h3-5,9-10,12-16,18,20,23,31H,6-8,11H2,1-2H3,(H2,29,33)(H,30,32,34)/b17-14+. The Balaban J connectivity index is 1.27. The van der Waals surface area contributed by atoms with Crippen molar-refractivity contribution in [3.8, 4) is 5.82 Å². The number of allylic oxidation sites excluding steroid dienone is 1. The second-order valence-corrected chi connectivity index (χ2v) is 9.88. The molecule has 7 heteroatoms. The average Bonchev–Trinajstić information content (AvgIpc) is 3.51. The number of hydrogen-bond donors (Lipinski definition) is 3. The lowest BCUT2D eigenvalue weighted by atomic mass is 10.0. The Bertz CT molecular complexity index is 1400. The number of anilines is 3. The molecule has 2 fully saturated rings. The lowest BCUT2D eigenvalue weighted by Gasteiger charge is -2.11. The van der Waals surface area contributed by atoms with Gasteiger partial charge in [-0.2, -0.15) is 4.98 Å². The van der Waals surface area contributed by atoms with Crippen molar-refractivity contribution < 1.29 is 0 Å². The number of hydrogen-bond acceptors (Lipinski definition) is 6. The molecular weight excluding hydrogens is 434 g/mol. The zero-order valence-electron chi connectivity index (χ0n) is 20.2. The summed E-state index contributed by atoms with van der Waals surface area (Å²) in [6, 6.07) is 17.4. The van der Waals surface area contributed by atoms with E-state index in [9.17, 15) is 0 Å². The molecule has 1 saturated heterocycles. The molecule has 0 radical (unpaired) electrons. The minimum Gasteiger partial charge on any atom is -0.384 e. The predicted molar refractivity (Wildman–Crippen MR) is 142 cm³/mol. The maximum absolute atomic E-state index is 5.99. The Morgan fingerprint density at radius 3 is 2.63 bits per heavy atom. The number of nitrogens with zero attached hydrogens (tertiary/aromatic N) is 4. The smallest absolute Gasteiger partial charge is 0.229 e. The Morgan fingerprint density at radius 1 is 1.09 bits per heavy atom. The first-order valence-electron chi connectivity index (χ1n) is 12.5. The number of nitrogens with two attached hydrogens (primary N) is 1. The summed E-state index contributed by atoms with van der Waals surface area (Å²) in [4.78, 5) is 14.0. The van der Waals surface area contributed by atoms with E-state index in [0.717, 1.165) is 22.5 Å². The third-order valence-electron chi connectivity index (χ3n) is 7.01. The zero-order chi connectivity index (χ0) is 23.9. The lowest BCUT2D eigenvalue weighted by molar-refractivity contribution is 0.627. The van der Waals surface area contributed by atoms with E-state index in [-0.39, 0.29) is 0 Å². The molecule has 7 nitrogen and oxygen atoms in total. The second-order valence-electron chi connectivity index (χ2n) is 9.88. The first-order valence-corrected chi connectivity index (χ1v) is 12.5. The fourth-order valence-corrected chi connectivity index (χ4v) is 4.99. The third-order valence-corrected chi connectivity index (χ3v) is 7.01. The highest BCUT2D eigenvalue weighted by atomic mass is 15.2. The molecular formula is C28H31N7. The number of nitrogen functional groups attached to an aromatic ring is 1. The van der Waals surface area contributed by atoms with Gasteiger partial charge in [-0.25, -0.2) is 9.97 Å². The van der Waals surface area contributed by atoms with Crippen LogP contribution in [0.1, 0.15) is 56.7 Å². The monoisotopic (exact) mass is 465 g/mol. The topological polar surface area (TPSA) is 93.7 Å². The van der Waals surface area contributed by atoms with Gasteiger partial charge in [-0.3, -0.25) is 4.57 Å². The van der Waals surface area contributed by atoms with E-state index < -0.39 is 0 Å². The van der Waals surface area contributed by atoms with E-state index in [1.54, 1.807) is 6.07 Å². The van der Waals surface area contributed by atoms with E-state index in [1.165, 1.54) is 42.5 Å². The number of benzene rings is 1. The Kier molecular flexibility index (Phi) is 5.49. The van der Waals surface area contributed by atoms with Crippen molar-refractivity contribution >= 4 is 34.1 Å². The quantitative estimate of drug-likeness (QED) is 0.345. The number of pyridine rings is 1. The maximum Gasteiger partial charge on any atom is 0.229 e. The van der Waals surface area contributed by atoms with Crippen LogP contribution in [-0.2, 0) is 0 Å². The van der Waals surface area contributed by atoms with Crippen LogP contribution < -0.4 is 16.4 Å². The minimum atomic E-state index is 0.467. The van der Waals surface area contributed by atoms with Crippen LogP contribution in [0.15, 0.2) is 60.8 Å². The van der Waals surface area contributed by atoms with Crippen LogP contribution in [0.2, 0.25) is 0 Å². The molecule has 1 aromatic carbocycles. The summed E-state index contributed by atoms with van der Waals surface area (Å²) in [6.45, 7) is 4.43. The van der Waals surface area contributed by atoms with Crippen molar-refractivity contribution in [2.24, 2.45) is 0 Å². The van der Waals surface area contributed by atoms with Gasteiger partial charge in [-0.05, 0) is 86.9 Å². The van der Waals surface area contributed by atoms with E-state index in [0.29, 0.717) is 29.8 Å². The van der Waals surface area contributed by atoms with Gasteiger partial charge in [0.2, 0.25) is 5.95 Å². The van der Waals surface area contributed by atoms with Crippen molar-refractivity contribution in [2.75, 3.05) is 11.1 Å². The van der Waals surface area contributed by atoms with Gasteiger partial charge in [-0.15, -0.1) is 0 Å². The third kappa shape index (κ3) is 4.51. The highest BCUT2D eigenvalue weighted by molar-refractivity contribution is 5.80. The van der Waals surface area contributed by atoms with Crippen LogP contribution >= 0.6 is 0 Å². The zero-order valence-corrected chi connectivity index (χ0v) is 20.2. The van der Waals surface area contributed by atoms with E-state index in [2.05, 4.69) is 75.4 Å². The fraction of sp³-hybridized carbons (Fsp3) is 0.321. The van der Waals surface area contributed by atoms with Gasteiger partial charge in [0.15, 0.2) is 5.65 Å². The molecule has 2 unspecified atom stereocenters. The van der Waals surface area contributed by atoms with Gasteiger partial charge in [0.1, 0.15) is 11.6 Å². The van der Waals surface area contributed by atoms with Gasteiger partial charge >= 0.3 is 0 Å². The molecule has 2 atom stereocenters. The van der Waals surface area contributed by atoms with Crippen molar-refractivity contribution in [3.05, 3.63) is 72.1 Å². The molecule has 178 valence electrons. The summed E-state index contributed by atoms with van der Waals surface area (Å²) in [5.41, 5.74) is 11.5. The summed E-state index contributed by atoms with van der Waals surface area (Å²) in [6.07, 6.45) is 9.05. The normalized spacial score (nSPS) is 20.5. The van der Waals surface area contributed by atoms with Gasteiger partial charge in [0, 0.05) is 35.0 Å². The Labute approximate surface area is 205 Å². The molecule has 0 spiro atoms. The van der Waals surface area contributed by atoms with Crippen LogP contribution in [0, 0.1) is 0 Å². The molecule has 2 aliphatic rings. The lowest BCUT2D eigenvalue weighted by Crippen LogP contribution is -2.25. The minimum absolute atomic E-state index is 0.467. The van der Waals surface area contributed by atoms with Gasteiger partial charge in [0.25, 0.3) is 0 Å². The first-order chi connectivity index (χ1) is 17.0. The van der Waals surface area contributed by atoms with Gasteiger partial charge in [0.05, 0.1) is 0 Å². The molecule has 0 bridgehead atoms. The van der Waals surface area contributed by atoms with Crippen LogP contribution in [0.25, 0.3) is 22.4 Å². The van der Waals surface area contributed by atoms with E-state index >= 15 is 0 Å². The second kappa shape index (κ2) is 8.82. The number of fused-ring (bicyclic) bond motifs is 1. The van der Waals surface area contributed by atoms with Crippen molar-refractivity contribution in [1.29, 1.82) is 0 Å². The Hall–Kier alpha value is -3.71. The molecule has 4 aromatic rings. The van der Waals surface area contributed by atoms with Crippen LogP contribution in [0.3, 0.4) is 0 Å². The number of aromatic nitrogens is 4. The molecule has 6 rings (SSSR count). The van der Waals surface area contributed by atoms with Crippen molar-refractivity contribution in [1.82, 2.24) is 24.8 Å². The molecule has 4 N–H and O–H groups in total. The summed E-state index contributed by atoms with van der Waals surface area (Å²) >= 11 is 0. The summed E-state index contributed by atoms with van der Waals surface area (Å²) < 4.78 is 2.13. The summed E-state index contributed by atoms with van der Waals surface area (Å²) in [5.74, 6) is 2.40. The molecule has 3 aromatic heterocycles. The highest BCUT2D eigenvalue weighted by Gasteiger charge is 2.29. The van der Waals surface area contributed by atoms with Gasteiger partial charge in [-0.1, -0.05) is 24.3 Å². The Morgan fingerprint density at radius 2 is 1.91 bits per heavy atom. The molecule has 0 amide bonds. The van der Waals surface area contributed by atoms with Gasteiger partial charge < -0.3 is 16.4 Å². The SMILES string of the molecule is C/C(=C\C1CCC(C)N1)c1ccc(Nc2ncc3cc(C4CC4)n(-c4cccc(N)n4)c3n2)cc1. The highest BCUT2D eigenvalue weighted by Crippen LogP contribution is 2.43. The predicted octanol–water partition coefficient (Wildman–Crippen LogP) is 5.56. The molecule has 35 heavy (non-hydrogen) atoms. The van der Waals surface area contributed by atoms with E-state index in [1.807, 2.05) is 18.3 Å². The van der Waals surface area contributed by atoms with Crippen molar-refractivity contribution in [2.45, 2.75) is 57.5 Å². The molecule has 4 heterocycles. The molecule has 1 saturated carbocycles. The summed E-state index contributed by atoms with van der Waals surface area (Å²) in [5, 5.41) is 8.01. The molecule has 1 aliphatic heterocycles. The average molecular weight is 466 g/mol. The molecule has 1 aliphatic carbocycles. The fourth-order valence-electron chi connectivity index (χ4n) is 4.99. The number of rotatable bonds is 6. The maximum atomic E-state index is 5.99. The summed E-state index contributed by atoms with van der Waals surface area (Å²) in [7, 11) is 0.